The van der Waals surface area contributed by atoms with Crippen molar-refractivity contribution in [2.75, 3.05) is 0 Å². The predicted octanol–water partition coefficient (Wildman–Crippen LogP) is 13.8. The molecule has 0 unspecified atom stereocenters. The van der Waals surface area contributed by atoms with Crippen LogP contribution in [0.15, 0.2) is 364 Å². The fourth-order valence-corrected chi connectivity index (χ4v) is 17.9. The van der Waals surface area contributed by atoms with Crippen molar-refractivity contribution in [3.05, 3.63) is 364 Å². The van der Waals surface area contributed by atoms with Gasteiger partial charge in [0.05, 0.1) is 0 Å². The maximum atomic E-state index is 2.23. The maximum absolute atomic E-state index is 2.23. The fourth-order valence-electron chi connectivity index (χ4n) is 8.71. The van der Waals surface area contributed by atoms with E-state index in [9.17, 15) is 0 Å². The monoisotopic (exact) mass is 1100 g/mol. The summed E-state index contributed by atoms with van der Waals surface area (Å²) in [6, 6.07) is 129. The van der Waals surface area contributed by atoms with Crippen LogP contribution in [-0.4, -0.2) is 0 Å². The molecule has 0 amide bonds. The van der Waals surface area contributed by atoms with E-state index in [0.29, 0.717) is 0 Å². The van der Waals surface area contributed by atoms with Crippen molar-refractivity contribution >= 4 is 95.3 Å². The molecule has 0 bridgehead atoms. The third-order valence-corrected chi connectivity index (χ3v) is 21.9. The first-order valence-electron chi connectivity index (χ1n) is 25.6. The summed E-state index contributed by atoms with van der Waals surface area (Å²) in [5, 5.41) is 16.8. The van der Waals surface area contributed by atoms with Gasteiger partial charge in [-0.15, -0.1) is 0 Å². The second kappa shape index (κ2) is 31.2. The molecule has 0 aliphatic heterocycles. The summed E-state index contributed by atoms with van der Waals surface area (Å²) < 4.78 is 0. The molecule has 0 aliphatic carbocycles. The van der Waals surface area contributed by atoms with E-state index in [1.54, 1.807) is 0 Å². The largest absolute Gasteiger partial charge is 0.0622 e. The van der Waals surface area contributed by atoms with Crippen LogP contribution in [0, 0.1) is 0 Å². The van der Waals surface area contributed by atoms with Gasteiger partial charge in [0, 0.05) is 18.6 Å². The molecular formula is C72H60P4V. The Morgan fingerprint density at radius 2 is 0.169 bits per heavy atom. The molecule has 5 heteroatoms. The minimum Gasteiger partial charge on any atom is -0.0622 e. The van der Waals surface area contributed by atoms with Crippen LogP contribution in [0.5, 0.6) is 0 Å². The normalized spacial score (nSPS) is 10.4. The van der Waals surface area contributed by atoms with Crippen molar-refractivity contribution in [2.45, 2.75) is 0 Å². The van der Waals surface area contributed by atoms with Gasteiger partial charge in [0.1, 0.15) is 0 Å². The first kappa shape index (κ1) is 56.2. The summed E-state index contributed by atoms with van der Waals surface area (Å²) in [7, 11) is -1.78. The Hall–Kier alpha value is -7.06. The number of rotatable bonds is 12. The zero-order chi connectivity index (χ0) is 51.7. The zero-order valence-electron chi connectivity index (χ0n) is 42.9. The maximum Gasteiger partial charge on any atom is 0 e. The first-order valence-corrected chi connectivity index (χ1v) is 31.0. The molecule has 0 N–H and O–H groups in total. The van der Waals surface area contributed by atoms with E-state index in [4.69, 9.17) is 0 Å². The molecule has 77 heavy (non-hydrogen) atoms. The van der Waals surface area contributed by atoms with Crippen LogP contribution >= 0.6 is 31.7 Å². The van der Waals surface area contributed by atoms with Crippen molar-refractivity contribution in [3.63, 3.8) is 0 Å². The molecule has 0 atom stereocenters. The molecule has 0 aliphatic rings. The zero-order valence-corrected chi connectivity index (χ0v) is 47.9. The molecule has 12 rings (SSSR count). The number of hydrogen-bond donors (Lipinski definition) is 0. The van der Waals surface area contributed by atoms with Gasteiger partial charge in [-0.25, -0.2) is 0 Å². The fraction of sp³-hybridized carbons (Fsp3) is 0. The Kier molecular flexibility index (Phi) is 22.8. The Labute approximate surface area is 474 Å². The van der Waals surface area contributed by atoms with Crippen LogP contribution in [0.2, 0.25) is 0 Å². The van der Waals surface area contributed by atoms with E-state index < -0.39 is 31.7 Å². The topological polar surface area (TPSA) is 0 Å². The van der Waals surface area contributed by atoms with Gasteiger partial charge in [0.2, 0.25) is 0 Å². The van der Waals surface area contributed by atoms with E-state index in [1.165, 1.54) is 63.7 Å². The number of hydrogen-bond acceptors (Lipinski definition) is 0. The molecule has 373 valence electrons. The van der Waals surface area contributed by atoms with Crippen molar-refractivity contribution in [1.82, 2.24) is 0 Å². The van der Waals surface area contributed by atoms with Crippen LogP contribution in [0.4, 0.5) is 0 Å². The Bertz CT molecular complexity index is 2580. The van der Waals surface area contributed by atoms with Crippen LogP contribution < -0.4 is 63.7 Å². The Balaban J connectivity index is 0.000000135. The third-order valence-electron chi connectivity index (χ3n) is 12.2. The molecule has 12 aromatic carbocycles. The Morgan fingerprint density at radius 3 is 0.234 bits per heavy atom. The smallest absolute Gasteiger partial charge is 0 e. The molecule has 0 spiro atoms. The average molecular weight is 1100 g/mol. The minimum absolute atomic E-state index is 0. The van der Waals surface area contributed by atoms with Crippen LogP contribution in [0.1, 0.15) is 0 Å². The molecule has 1 radical (unpaired) electrons. The minimum atomic E-state index is -0.446. The van der Waals surface area contributed by atoms with Gasteiger partial charge in [-0.2, -0.15) is 0 Å². The van der Waals surface area contributed by atoms with Crippen LogP contribution in [0.25, 0.3) is 0 Å². The van der Waals surface area contributed by atoms with Crippen molar-refractivity contribution in [1.29, 1.82) is 0 Å². The molecular weight excluding hydrogens is 1040 g/mol. The van der Waals surface area contributed by atoms with Gasteiger partial charge in [-0.1, -0.05) is 364 Å². The van der Waals surface area contributed by atoms with Crippen molar-refractivity contribution in [2.24, 2.45) is 0 Å². The average Bonchev–Trinajstić information content (AvgIpc) is 3.51. The summed E-state index contributed by atoms with van der Waals surface area (Å²) in [5.41, 5.74) is 0. The van der Waals surface area contributed by atoms with Crippen molar-refractivity contribution < 1.29 is 18.6 Å². The van der Waals surface area contributed by atoms with E-state index in [0.717, 1.165) is 0 Å². The summed E-state index contributed by atoms with van der Waals surface area (Å²) in [5.74, 6) is 0. The van der Waals surface area contributed by atoms with Gasteiger partial charge in [-0.05, 0) is 95.3 Å². The second-order valence-corrected chi connectivity index (χ2v) is 26.2. The van der Waals surface area contributed by atoms with Crippen molar-refractivity contribution in [3.8, 4) is 0 Å². The molecule has 0 nitrogen and oxygen atoms in total. The van der Waals surface area contributed by atoms with E-state index in [2.05, 4.69) is 364 Å². The predicted molar refractivity (Wildman–Crippen MR) is 341 cm³/mol. The summed E-state index contributed by atoms with van der Waals surface area (Å²) >= 11 is 0. The van der Waals surface area contributed by atoms with Crippen LogP contribution in [0.3, 0.4) is 0 Å². The third kappa shape index (κ3) is 16.5. The molecule has 0 aromatic heterocycles. The summed E-state index contributed by atoms with van der Waals surface area (Å²) in [6.07, 6.45) is 0. The van der Waals surface area contributed by atoms with Gasteiger partial charge < -0.3 is 0 Å². The Morgan fingerprint density at radius 1 is 0.104 bits per heavy atom. The van der Waals surface area contributed by atoms with Gasteiger partial charge in [-0.3, -0.25) is 0 Å². The second-order valence-electron chi connectivity index (χ2n) is 17.4. The molecule has 0 saturated carbocycles. The first-order chi connectivity index (χ1) is 37.8. The van der Waals surface area contributed by atoms with E-state index >= 15 is 0 Å². The number of benzene rings is 12. The van der Waals surface area contributed by atoms with E-state index in [-0.39, 0.29) is 18.6 Å². The van der Waals surface area contributed by atoms with Gasteiger partial charge >= 0.3 is 0 Å². The standard InChI is InChI=1S/4C18H15P.V/c4*1-4-10-16(11-5-1)19(17-12-6-2-7-13-17)18-14-8-3-9-15-18;/h4*1-15H;. The quantitative estimate of drug-likeness (QED) is 0.107. The van der Waals surface area contributed by atoms with Crippen LogP contribution in [-0.2, 0) is 18.6 Å². The summed E-state index contributed by atoms with van der Waals surface area (Å²) in [6.45, 7) is 0. The molecule has 0 saturated heterocycles. The van der Waals surface area contributed by atoms with E-state index in [1.807, 2.05) is 0 Å². The molecule has 0 heterocycles. The van der Waals surface area contributed by atoms with Gasteiger partial charge in [0.25, 0.3) is 0 Å². The SMILES string of the molecule is [V].c1ccc(P(c2ccccc2)c2ccccc2)cc1.c1ccc(P(c2ccccc2)c2ccccc2)cc1.c1ccc(P(c2ccccc2)c2ccccc2)cc1.c1ccc(P(c2ccccc2)c2ccccc2)cc1. The van der Waals surface area contributed by atoms with Gasteiger partial charge in [0.15, 0.2) is 0 Å². The molecule has 0 fully saturated rings. The molecule has 12 aromatic rings. The summed E-state index contributed by atoms with van der Waals surface area (Å²) in [4.78, 5) is 0.